The van der Waals surface area contributed by atoms with E-state index in [0.717, 1.165) is 5.56 Å². The summed E-state index contributed by atoms with van der Waals surface area (Å²) >= 11 is 0. The monoisotopic (exact) mass is 315 g/mol. The van der Waals surface area contributed by atoms with Crippen LogP contribution < -0.4 is 14.8 Å². The zero-order chi connectivity index (χ0) is 15.6. The highest BCUT2D eigenvalue weighted by Crippen LogP contribution is 2.30. The van der Waals surface area contributed by atoms with Gasteiger partial charge in [-0.15, -0.1) is 0 Å². The summed E-state index contributed by atoms with van der Waals surface area (Å²) in [6.45, 7) is 1.90. The molecule has 21 heavy (non-hydrogen) atoms. The molecule has 7 heteroatoms. The van der Waals surface area contributed by atoms with Gasteiger partial charge in [0.15, 0.2) is 9.84 Å². The predicted octanol–water partition coefficient (Wildman–Crippen LogP) is 0.512. The molecule has 2 rings (SSSR count). The smallest absolute Gasteiger partial charge is 0.154 e. The molecule has 0 radical (unpaired) electrons. The third kappa shape index (κ3) is 3.66. The van der Waals surface area contributed by atoms with Gasteiger partial charge in [0.1, 0.15) is 11.5 Å². The lowest BCUT2D eigenvalue weighted by Gasteiger charge is -2.23. The molecule has 0 unspecified atom stereocenters. The molecule has 0 aromatic heterocycles. The number of aliphatic hydroxyl groups is 1. The Labute approximate surface area is 125 Å². The van der Waals surface area contributed by atoms with Crippen LogP contribution in [-0.2, 0) is 9.84 Å². The third-order valence-corrected chi connectivity index (χ3v) is 5.41. The second kappa shape index (κ2) is 6.21. The number of ether oxygens (including phenoxy) is 2. The highest BCUT2D eigenvalue weighted by molar-refractivity contribution is 7.91. The van der Waals surface area contributed by atoms with Gasteiger partial charge in [0.25, 0.3) is 0 Å². The second-order valence-corrected chi connectivity index (χ2v) is 7.40. The van der Waals surface area contributed by atoms with Crippen molar-refractivity contribution in [1.29, 1.82) is 0 Å². The quantitative estimate of drug-likeness (QED) is 0.824. The number of methoxy groups -OCH3 is 2. The van der Waals surface area contributed by atoms with Gasteiger partial charge in [-0.05, 0) is 25.1 Å². The number of sulfone groups is 1. The summed E-state index contributed by atoms with van der Waals surface area (Å²) < 4.78 is 33.6. The molecule has 0 amide bonds. The van der Waals surface area contributed by atoms with E-state index in [2.05, 4.69) is 5.32 Å². The van der Waals surface area contributed by atoms with Crippen molar-refractivity contribution in [3.05, 3.63) is 23.8 Å². The fourth-order valence-electron chi connectivity index (χ4n) is 2.58. The molecular weight excluding hydrogens is 294 g/mol. The zero-order valence-corrected chi connectivity index (χ0v) is 13.2. The minimum absolute atomic E-state index is 0.0508. The maximum Gasteiger partial charge on any atom is 0.154 e. The van der Waals surface area contributed by atoms with Crippen LogP contribution in [0.15, 0.2) is 18.2 Å². The SMILES string of the molecule is COc1ccc(OC)c([C@H](C)N[C@H]2CS(=O)(=O)C[C@@H]2O)c1. The van der Waals surface area contributed by atoms with Gasteiger partial charge in [-0.1, -0.05) is 0 Å². The van der Waals surface area contributed by atoms with Gasteiger partial charge in [-0.3, -0.25) is 0 Å². The molecule has 1 aromatic rings. The van der Waals surface area contributed by atoms with Crippen LogP contribution in [0.2, 0.25) is 0 Å². The summed E-state index contributed by atoms with van der Waals surface area (Å²) in [4.78, 5) is 0. The summed E-state index contributed by atoms with van der Waals surface area (Å²) in [5.74, 6) is 1.14. The van der Waals surface area contributed by atoms with Crippen LogP contribution in [0.5, 0.6) is 11.5 Å². The lowest BCUT2D eigenvalue weighted by molar-refractivity contribution is 0.160. The summed E-state index contributed by atoms with van der Waals surface area (Å²) in [6.07, 6.45) is -0.881. The summed E-state index contributed by atoms with van der Waals surface area (Å²) in [5, 5.41) is 13.0. The highest BCUT2D eigenvalue weighted by atomic mass is 32.2. The van der Waals surface area contributed by atoms with Crippen molar-refractivity contribution in [1.82, 2.24) is 5.32 Å². The van der Waals surface area contributed by atoms with E-state index < -0.39 is 22.0 Å². The summed E-state index contributed by atoms with van der Waals surface area (Å²) in [6, 6.07) is 4.79. The number of rotatable bonds is 5. The van der Waals surface area contributed by atoms with Crippen molar-refractivity contribution in [3.63, 3.8) is 0 Å². The average molecular weight is 315 g/mol. The second-order valence-electron chi connectivity index (χ2n) is 5.25. The molecule has 6 nitrogen and oxygen atoms in total. The first kappa shape index (κ1) is 16.1. The molecule has 1 aliphatic heterocycles. The summed E-state index contributed by atoms with van der Waals surface area (Å²) in [7, 11) is -0.0128. The summed E-state index contributed by atoms with van der Waals surface area (Å²) in [5.41, 5.74) is 0.855. The lowest BCUT2D eigenvalue weighted by atomic mass is 10.0. The van der Waals surface area contributed by atoms with Crippen molar-refractivity contribution in [2.45, 2.75) is 25.1 Å². The Kier molecular flexibility index (Phi) is 4.75. The molecule has 1 saturated heterocycles. The van der Waals surface area contributed by atoms with Gasteiger partial charge in [0.05, 0.1) is 31.8 Å². The van der Waals surface area contributed by atoms with Gasteiger partial charge in [-0.25, -0.2) is 8.42 Å². The molecule has 0 spiro atoms. The van der Waals surface area contributed by atoms with Crippen molar-refractivity contribution < 1.29 is 23.0 Å². The number of hydrogen-bond donors (Lipinski definition) is 2. The van der Waals surface area contributed by atoms with E-state index in [-0.39, 0.29) is 17.5 Å². The van der Waals surface area contributed by atoms with E-state index in [9.17, 15) is 13.5 Å². The minimum Gasteiger partial charge on any atom is -0.497 e. The maximum absolute atomic E-state index is 11.5. The maximum atomic E-state index is 11.5. The molecule has 118 valence electrons. The van der Waals surface area contributed by atoms with E-state index in [0.29, 0.717) is 11.5 Å². The van der Waals surface area contributed by atoms with Crippen LogP contribution in [0.4, 0.5) is 0 Å². The first-order valence-electron chi connectivity index (χ1n) is 6.72. The highest BCUT2D eigenvalue weighted by Gasteiger charge is 2.37. The van der Waals surface area contributed by atoms with E-state index >= 15 is 0 Å². The van der Waals surface area contributed by atoms with E-state index in [1.165, 1.54) is 0 Å². The van der Waals surface area contributed by atoms with Crippen molar-refractivity contribution in [2.24, 2.45) is 0 Å². The Morgan fingerprint density at radius 2 is 2.00 bits per heavy atom. The predicted molar refractivity (Wildman–Crippen MR) is 79.5 cm³/mol. The van der Waals surface area contributed by atoms with Crippen LogP contribution in [0.3, 0.4) is 0 Å². The van der Waals surface area contributed by atoms with Crippen LogP contribution >= 0.6 is 0 Å². The number of aliphatic hydroxyl groups excluding tert-OH is 1. The standard InChI is InChI=1S/C14H21NO5S/c1-9(15-12-7-21(17,18)8-13(12)16)11-6-10(19-2)4-5-14(11)20-3/h4-6,9,12-13,15-16H,7-8H2,1-3H3/t9-,12-,13-/m0/s1. The van der Waals surface area contributed by atoms with E-state index in [1.54, 1.807) is 26.4 Å². The first-order chi connectivity index (χ1) is 9.86. The van der Waals surface area contributed by atoms with Crippen molar-refractivity contribution in [2.75, 3.05) is 25.7 Å². The van der Waals surface area contributed by atoms with E-state index in [4.69, 9.17) is 9.47 Å². The molecule has 1 fully saturated rings. The van der Waals surface area contributed by atoms with Gasteiger partial charge >= 0.3 is 0 Å². The molecule has 2 N–H and O–H groups in total. The normalized spacial score (nSPS) is 25.5. The van der Waals surface area contributed by atoms with Crippen LogP contribution in [-0.4, -0.2) is 51.4 Å². The molecule has 0 aliphatic carbocycles. The van der Waals surface area contributed by atoms with Gasteiger partial charge in [0, 0.05) is 17.6 Å². The van der Waals surface area contributed by atoms with Gasteiger partial charge < -0.3 is 19.9 Å². The zero-order valence-electron chi connectivity index (χ0n) is 12.4. The first-order valence-corrected chi connectivity index (χ1v) is 8.55. The molecule has 0 bridgehead atoms. The lowest BCUT2D eigenvalue weighted by Crippen LogP contribution is -2.40. The fraction of sp³-hybridized carbons (Fsp3) is 0.571. The number of benzene rings is 1. The molecule has 1 aliphatic rings. The topological polar surface area (TPSA) is 84.9 Å². The number of hydrogen-bond acceptors (Lipinski definition) is 6. The molecule has 0 saturated carbocycles. The average Bonchev–Trinajstić information content (AvgIpc) is 2.70. The van der Waals surface area contributed by atoms with E-state index in [1.807, 2.05) is 13.0 Å². The van der Waals surface area contributed by atoms with Crippen LogP contribution in [0, 0.1) is 0 Å². The Morgan fingerprint density at radius 1 is 1.29 bits per heavy atom. The van der Waals surface area contributed by atoms with Gasteiger partial charge in [-0.2, -0.15) is 0 Å². The van der Waals surface area contributed by atoms with Crippen molar-refractivity contribution in [3.8, 4) is 11.5 Å². The molecule has 1 aromatic carbocycles. The molecule has 3 atom stereocenters. The Balaban J connectivity index is 2.18. The van der Waals surface area contributed by atoms with Crippen LogP contribution in [0.25, 0.3) is 0 Å². The molecular formula is C14H21NO5S. The Morgan fingerprint density at radius 3 is 2.52 bits per heavy atom. The number of nitrogens with one attached hydrogen (secondary N) is 1. The van der Waals surface area contributed by atoms with Crippen LogP contribution in [0.1, 0.15) is 18.5 Å². The molecule has 1 heterocycles. The fourth-order valence-corrected chi connectivity index (χ4v) is 4.33. The minimum atomic E-state index is -3.17. The largest absolute Gasteiger partial charge is 0.497 e. The third-order valence-electron chi connectivity index (χ3n) is 3.69. The van der Waals surface area contributed by atoms with Gasteiger partial charge in [0.2, 0.25) is 0 Å². The Hall–Kier alpha value is -1.31. The Bertz CT molecular complexity index is 601. The van der Waals surface area contributed by atoms with Crippen molar-refractivity contribution >= 4 is 9.84 Å².